The van der Waals surface area contributed by atoms with Crippen molar-refractivity contribution >= 4 is 5.96 Å². The quantitative estimate of drug-likeness (QED) is 0.465. The van der Waals surface area contributed by atoms with Crippen LogP contribution in [0.15, 0.2) is 16.6 Å². The lowest BCUT2D eigenvalue weighted by Gasteiger charge is -2.22. The number of aliphatic imine (C=N–C) groups is 1. The number of allylic oxidation sites excluding steroid dienone is 1. The van der Waals surface area contributed by atoms with E-state index in [4.69, 9.17) is 9.73 Å². The molecule has 0 aromatic rings. The average Bonchev–Trinajstić information content (AvgIpc) is 2.96. The van der Waals surface area contributed by atoms with Crippen LogP contribution >= 0.6 is 0 Å². The summed E-state index contributed by atoms with van der Waals surface area (Å²) in [4.78, 5) is 7.23. The van der Waals surface area contributed by atoms with Gasteiger partial charge >= 0.3 is 0 Å². The highest BCUT2D eigenvalue weighted by atomic mass is 16.5. The van der Waals surface area contributed by atoms with Crippen molar-refractivity contribution in [2.75, 3.05) is 39.9 Å². The van der Waals surface area contributed by atoms with Crippen LogP contribution in [0.4, 0.5) is 0 Å². The number of hydrogen-bond acceptors (Lipinski definition) is 2. The second-order valence-corrected chi connectivity index (χ2v) is 6.15. The molecule has 4 nitrogen and oxygen atoms in total. The Morgan fingerprint density at radius 1 is 1.48 bits per heavy atom. The minimum absolute atomic E-state index is 0.653. The molecular formula is C17H31N3O. The van der Waals surface area contributed by atoms with Crippen molar-refractivity contribution in [3.63, 3.8) is 0 Å². The Balaban J connectivity index is 1.83. The first-order valence-corrected chi connectivity index (χ1v) is 8.53. The van der Waals surface area contributed by atoms with E-state index in [1.165, 1.54) is 32.1 Å². The van der Waals surface area contributed by atoms with E-state index < -0.39 is 0 Å². The van der Waals surface area contributed by atoms with Crippen LogP contribution in [-0.2, 0) is 4.74 Å². The number of likely N-dealkylation sites (tertiary alicyclic amines) is 1. The van der Waals surface area contributed by atoms with Gasteiger partial charge in [0, 0.05) is 39.2 Å². The first-order valence-electron chi connectivity index (χ1n) is 8.53. The normalized spacial score (nSPS) is 23.3. The number of methoxy groups -OCH3 is 1. The van der Waals surface area contributed by atoms with E-state index in [1.807, 2.05) is 0 Å². The number of guanidine groups is 1. The number of ether oxygens (including phenoxy) is 1. The maximum Gasteiger partial charge on any atom is 0.193 e. The molecule has 2 rings (SSSR count). The van der Waals surface area contributed by atoms with Gasteiger partial charge in [-0.05, 0) is 45.4 Å². The molecule has 0 amide bonds. The molecule has 1 atom stereocenters. The SMILES string of the molecule is CCNC(=NCCC1=CCCCC1)N1CCC(COC)C1. The zero-order valence-corrected chi connectivity index (χ0v) is 13.7. The molecular weight excluding hydrogens is 262 g/mol. The second kappa shape index (κ2) is 9.08. The summed E-state index contributed by atoms with van der Waals surface area (Å²) in [5.74, 6) is 1.74. The van der Waals surface area contributed by atoms with Crippen molar-refractivity contribution < 1.29 is 4.74 Å². The molecule has 120 valence electrons. The van der Waals surface area contributed by atoms with Crippen molar-refractivity contribution in [1.82, 2.24) is 10.2 Å². The standard InChI is InChI=1S/C17H31N3O/c1-3-18-17(20-12-10-16(13-20)14-21-2)19-11-9-15-7-5-4-6-8-15/h7,16H,3-6,8-14H2,1-2H3,(H,18,19). The van der Waals surface area contributed by atoms with Gasteiger partial charge in [-0.2, -0.15) is 0 Å². The lowest BCUT2D eigenvalue weighted by molar-refractivity contribution is 0.157. The molecule has 0 bridgehead atoms. The molecule has 1 aliphatic carbocycles. The van der Waals surface area contributed by atoms with Gasteiger partial charge < -0.3 is 15.0 Å². The summed E-state index contributed by atoms with van der Waals surface area (Å²) in [6.07, 6.45) is 10.0. The van der Waals surface area contributed by atoms with Crippen LogP contribution in [0.1, 0.15) is 45.4 Å². The van der Waals surface area contributed by atoms with E-state index >= 15 is 0 Å². The van der Waals surface area contributed by atoms with Gasteiger partial charge in [-0.1, -0.05) is 11.6 Å². The van der Waals surface area contributed by atoms with Crippen molar-refractivity contribution in [3.8, 4) is 0 Å². The Bertz CT molecular complexity index is 365. The smallest absolute Gasteiger partial charge is 0.193 e. The first-order chi connectivity index (χ1) is 10.3. The molecule has 1 fully saturated rings. The first kappa shape index (κ1) is 16.3. The molecule has 1 aliphatic heterocycles. The number of rotatable bonds is 6. The molecule has 0 aromatic heterocycles. The molecule has 0 saturated carbocycles. The van der Waals surface area contributed by atoms with Crippen LogP contribution in [0.25, 0.3) is 0 Å². The van der Waals surface area contributed by atoms with Gasteiger partial charge in [0.05, 0.1) is 6.61 Å². The van der Waals surface area contributed by atoms with E-state index in [2.05, 4.69) is 23.2 Å². The zero-order valence-electron chi connectivity index (χ0n) is 13.7. The highest BCUT2D eigenvalue weighted by Crippen LogP contribution is 2.20. The van der Waals surface area contributed by atoms with Gasteiger partial charge in [-0.15, -0.1) is 0 Å². The summed E-state index contributed by atoms with van der Waals surface area (Å²) in [5.41, 5.74) is 1.61. The highest BCUT2D eigenvalue weighted by molar-refractivity contribution is 5.80. The van der Waals surface area contributed by atoms with Crippen LogP contribution < -0.4 is 5.32 Å². The molecule has 1 heterocycles. The Hall–Kier alpha value is -1.03. The van der Waals surface area contributed by atoms with Gasteiger partial charge in [0.2, 0.25) is 0 Å². The highest BCUT2D eigenvalue weighted by Gasteiger charge is 2.24. The third-order valence-corrected chi connectivity index (χ3v) is 4.40. The second-order valence-electron chi connectivity index (χ2n) is 6.15. The number of nitrogens with one attached hydrogen (secondary N) is 1. The van der Waals surface area contributed by atoms with E-state index in [1.54, 1.807) is 12.7 Å². The predicted octanol–water partition coefficient (Wildman–Crippen LogP) is 2.81. The van der Waals surface area contributed by atoms with Gasteiger partial charge in [-0.25, -0.2) is 0 Å². The molecule has 0 radical (unpaired) electrons. The monoisotopic (exact) mass is 293 g/mol. The summed E-state index contributed by atoms with van der Waals surface area (Å²) in [6, 6.07) is 0. The van der Waals surface area contributed by atoms with E-state index in [0.29, 0.717) is 5.92 Å². The Labute approximate surface area is 129 Å². The van der Waals surface area contributed by atoms with Crippen LogP contribution in [0.5, 0.6) is 0 Å². The van der Waals surface area contributed by atoms with Crippen molar-refractivity contribution in [2.45, 2.75) is 45.4 Å². The minimum atomic E-state index is 0.653. The Morgan fingerprint density at radius 2 is 2.38 bits per heavy atom. The molecule has 0 spiro atoms. The fraction of sp³-hybridized carbons (Fsp3) is 0.824. The summed E-state index contributed by atoms with van der Waals surface area (Å²) in [7, 11) is 1.79. The number of hydrogen-bond donors (Lipinski definition) is 1. The number of nitrogens with zero attached hydrogens (tertiary/aromatic N) is 2. The molecule has 1 unspecified atom stereocenters. The van der Waals surface area contributed by atoms with Gasteiger partial charge in [0.25, 0.3) is 0 Å². The summed E-state index contributed by atoms with van der Waals surface area (Å²) < 4.78 is 5.28. The molecule has 4 heteroatoms. The van der Waals surface area contributed by atoms with Crippen molar-refractivity contribution in [2.24, 2.45) is 10.9 Å². The van der Waals surface area contributed by atoms with Crippen molar-refractivity contribution in [3.05, 3.63) is 11.6 Å². The molecule has 21 heavy (non-hydrogen) atoms. The largest absolute Gasteiger partial charge is 0.384 e. The molecule has 1 saturated heterocycles. The molecule has 2 aliphatic rings. The van der Waals surface area contributed by atoms with Gasteiger partial charge in [0.1, 0.15) is 0 Å². The van der Waals surface area contributed by atoms with E-state index in [0.717, 1.165) is 45.2 Å². The lowest BCUT2D eigenvalue weighted by atomic mass is 9.97. The van der Waals surface area contributed by atoms with Crippen molar-refractivity contribution in [1.29, 1.82) is 0 Å². The van der Waals surface area contributed by atoms with Crippen LogP contribution in [0, 0.1) is 5.92 Å². The Kier molecular flexibility index (Phi) is 7.07. The molecule has 0 aromatic carbocycles. The third-order valence-electron chi connectivity index (χ3n) is 4.40. The fourth-order valence-corrected chi connectivity index (χ4v) is 3.26. The van der Waals surface area contributed by atoms with Crippen LogP contribution in [0.3, 0.4) is 0 Å². The van der Waals surface area contributed by atoms with Crippen LogP contribution in [0.2, 0.25) is 0 Å². The minimum Gasteiger partial charge on any atom is -0.384 e. The molecule has 1 N–H and O–H groups in total. The average molecular weight is 293 g/mol. The maximum absolute atomic E-state index is 5.28. The fourth-order valence-electron chi connectivity index (χ4n) is 3.26. The van der Waals surface area contributed by atoms with Crippen LogP contribution in [-0.4, -0.2) is 50.8 Å². The lowest BCUT2D eigenvalue weighted by Crippen LogP contribution is -2.40. The third kappa shape index (κ3) is 5.34. The summed E-state index contributed by atoms with van der Waals surface area (Å²) >= 11 is 0. The Morgan fingerprint density at radius 3 is 3.10 bits per heavy atom. The van der Waals surface area contributed by atoms with Gasteiger partial charge in [-0.3, -0.25) is 4.99 Å². The van der Waals surface area contributed by atoms with E-state index in [-0.39, 0.29) is 0 Å². The van der Waals surface area contributed by atoms with Gasteiger partial charge in [0.15, 0.2) is 5.96 Å². The van der Waals surface area contributed by atoms with E-state index in [9.17, 15) is 0 Å². The summed E-state index contributed by atoms with van der Waals surface area (Å²) in [6.45, 7) is 7.03. The summed E-state index contributed by atoms with van der Waals surface area (Å²) in [5, 5.41) is 3.44. The predicted molar refractivity (Wildman–Crippen MR) is 88.7 cm³/mol. The topological polar surface area (TPSA) is 36.9 Å². The zero-order chi connectivity index (χ0) is 14.9. The maximum atomic E-state index is 5.28.